The van der Waals surface area contributed by atoms with Gasteiger partial charge in [0, 0.05) is 32.3 Å². The van der Waals surface area contributed by atoms with E-state index in [0.29, 0.717) is 24.6 Å². The average Bonchev–Trinajstić information content (AvgIpc) is 2.97. The van der Waals surface area contributed by atoms with E-state index in [4.69, 9.17) is 4.74 Å². The molecule has 0 spiro atoms. The Morgan fingerprint density at radius 2 is 2.30 bits per heavy atom. The van der Waals surface area contributed by atoms with Crippen LogP contribution in [-0.4, -0.2) is 55.6 Å². The van der Waals surface area contributed by atoms with Crippen LogP contribution in [0.2, 0.25) is 0 Å². The maximum Gasteiger partial charge on any atom is 0.285 e. The molecule has 0 bridgehead atoms. The van der Waals surface area contributed by atoms with Crippen LogP contribution in [0.25, 0.3) is 0 Å². The molecule has 1 aromatic carbocycles. The first kappa shape index (κ1) is 17.4. The van der Waals surface area contributed by atoms with Crippen molar-refractivity contribution in [2.24, 2.45) is 5.92 Å². The fourth-order valence-electron chi connectivity index (χ4n) is 2.92. The molecule has 23 heavy (non-hydrogen) atoms. The number of rotatable bonds is 7. The molecule has 1 aliphatic heterocycles. The van der Waals surface area contributed by atoms with Gasteiger partial charge in [-0.3, -0.25) is 14.9 Å². The number of likely N-dealkylation sites (tertiary alicyclic amines) is 1. The minimum Gasteiger partial charge on any atom is -0.383 e. The quantitative estimate of drug-likeness (QED) is 0.609. The van der Waals surface area contributed by atoms with E-state index in [2.05, 4.69) is 10.2 Å². The van der Waals surface area contributed by atoms with Crippen molar-refractivity contribution in [3.8, 4) is 0 Å². The molecule has 0 radical (unpaired) electrons. The third-order valence-electron chi connectivity index (χ3n) is 4.20. The van der Waals surface area contributed by atoms with Crippen molar-refractivity contribution in [2.45, 2.75) is 13.3 Å². The first-order valence-electron chi connectivity index (χ1n) is 7.76. The fourth-order valence-corrected chi connectivity index (χ4v) is 2.92. The zero-order valence-electron chi connectivity index (χ0n) is 13.6. The highest BCUT2D eigenvalue weighted by Gasteiger charge is 2.25. The van der Waals surface area contributed by atoms with Gasteiger partial charge in [-0.1, -0.05) is 12.1 Å². The van der Waals surface area contributed by atoms with Crippen molar-refractivity contribution in [2.75, 3.05) is 39.9 Å². The highest BCUT2D eigenvalue weighted by Crippen LogP contribution is 2.23. The summed E-state index contributed by atoms with van der Waals surface area (Å²) in [6, 6.07) is 4.80. The molecule has 1 aliphatic rings. The lowest BCUT2D eigenvalue weighted by Crippen LogP contribution is -2.32. The van der Waals surface area contributed by atoms with Crippen molar-refractivity contribution < 1.29 is 14.5 Å². The zero-order valence-corrected chi connectivity index (χ0v) is 13.6. The summed E-state index contributed by atoms with van der Waals surface area (Å²) in [5.41, 5.74) is 0.511. The molecule has 0 aliphatic carbocycles. The minimum absolute atomic E-state index is 0.113. The predicted molar refractivity (Wildman–Crippen MR) is 86.6 cm³/mol. The maximum atomic E-state index is 12.3. The number of para-hydroxylation sites is 1. The van der Waals surface area contributed by atoms with Gasteiger partial charge in [0.15, 0.2) is 0 Å². The zero-order chi connectivity index (χ0) is 16.8. The van der Waals surface area contributed by atoms with Crippen LogP contribution in [0.3, 0.4) is 0 Å². The Bertz CT molecular complexity index is 576. The van der Waals surface area contributed by atoms with Gasteiger partial charge in [0.25, 0.3) is 11.6 Å². The van der Waals surface area contributed by atoms with E-state index in [1.54, 1.807) is 26.2 Å². The lowest BCUT2D eigenvalue weighted by Gasteiger charge is -2.15. The van der Waals surface area contributed by atoms with E-state index in [9.17, 15) is 14.9 Å². The molecule has 1 aromatic rings. The minimum atomic E-state index is -0.494. The third kappa shape index (κ3) is 4.49. The number of ether oxygens (including phenoxy) is 1. The first-order chi connectivity index (χ1) is 11.0. The Morgan fingerprint density at radius 3 is 3.00 bits per heavy atom. The van der Waals surface area contributed by atoms with Gasteiger partial charge in [-0.2, -0.15) is 0 Å². The Labute approximate surface area is 135 Å². The van der Waals surface area contributed by atoms with Crippen molar-refractivity contribution in [1.82, 2.24) is 10.2 Å². The number of methoxy groups -OCH3 is 1. The van der Waals surface area contributed by atoms with Crippen LogP contribution in [0.1, 0.15) is 22.3 Å². The molecule has 0 saturated carbocycles. The first-order valence-corrected chi connectivity index (χ1v) is 7.76. The van der Waals surface area contributed by atoms with Gasteiger partial charge in [0.2, 0.25) is 0 Å². The fraction of sp³-hybridized carbons (Fsp3) is 0.562. The number of hydrogen-bond acceptors (Lipinski definition) is 5. The van der Waals surface area contributed by atoms with Crippen molar-refractivity contribution >= 4 is 11.6 Å². The summed E-state index contributed by atoms with van der Waals surface area (Å²) < 4.78 is 5.07. The number of benzene rings is 1. The molecule has 1 N–H and O–H groups in total. The van der Waals surface area contributed by atoms with E-state index >= 15 is 0 Å². The summed E-state index contributed by atoms with van der Waals surface area (Å²) >= 11 is 0. The van der Waals surface area contributed by atoms with E-state index < -0.39 is 4.92 Å². The third-order valence-corrected chi connectivity index (χ3v) is 4.20. The van der Waals surface area contributed by atoms with Gasteiger partial charge in [-0.05, 0) is 31.9 Å². The largest absolute Gasteiger partial charge is 0.383 e. The SMILES string of the molecule is COCCN1CC[C@H](CNC(=O)c2cccc(C)c2[N+](=O)[O-])C1. The molecule has 0 aromatic heterocycles. The number of hydrogen-bond donors (Lipinski definition) is 1. The lowest BCUT2D eigenvalue weighted by atomic mass is 10.1. The van der Waals surface area contributed by atoms with Crippen molar-refractivity contribution in [3.63, 3.8) is 0 Å². The van der Waals surface area contributed by atoms with Gasteiger partial charge in [0.1, 0.15) is 5.56 Å². The summed E-state index contributed by atoms with van der Waals surface area (Å²) in [5, 5.41) is 14.0. The summed E-state index contributed by atoms with van der Waals surface area (Å²) in [6.07, 6.45) is 1.01. The smallest absolute Gasteiger partial charge is 0.285 e. The topological polar surface area (TPSA) is 84.7 Å². The molecule has 1 saturated heterocycles. The molecular formula is C16H23N3O4. The normalized spacial score (nSPS) is 18.1. The van der Waals surface area contributed by atoms with E-state index in [0.717, 1.165) is 26.1 Å². The average molecular weight is 321 g/mol. The van der Waals surface area contributed by atoms with Crippen LogP contribution in [0.4, 0.5) is 5.69 Å². The summed E-state index contributed by atoms with van der Waals surface area (Å²) in [4.78, 5) is 25.2. The van der Waals surface area contributed by atoms with Gasteiger partial charge in [-0.25, -0.2) is 0 Å². The summed E-state index contributed by atoms with van der Waals surface area (Å²) in [7, 11) is 1.68. The Hall–Kier alpha value is -1.99. The highest BCUT2D eigenvalue weighted by atomic mass is 16.6. The van der Waals surface area contributed by atoms with Gasteiger partial charge in [0.05, 0.1) is 11.5 Å². The van der Waals surface area contributed by atoms with E-state index in [1.165, 1.54) is 6.07 Å². The van der Waals surface area contributed by atoms with E-state index in [1.807, 2.05) is 0 Å². The summed E-state index contributed by atoms with van der Waals surface area (Å²) in [5.74, 6) is -0.00425. The number of carbonyl (C=O) groups is 1. The molecule has 1 fully saturated rings. The maximum absolute atomic E-state index is 12.3. The van der Waals surface area contributed by atoms with E-state index in [-0.39, 0.29) is 17.2 Å². The molecule has 126 valence electrons. The van der Waals surface area contributed by atoms with Crippen molar-refractivity contribution in [1.29, 1.82) is 0 Å². The lowest BCUT2D eigenvalue weighted by molar-refractivity contribution is -0.385. The number of nitro benzene ring substituents is 1. The number of nitrogens with zero attached hydrogens (tertiary/aromatic N) is 2. The van der Waals surface area contributed by atoms with Gasteiger partial charge in [-0.15, -0.1) is 0 Å². The standard InChI is InChI=1S/C16H23N3O4/c1-12-4-3-5-14(15(12)19(21)22)16(20)17-10-13-6-7-18(11-13)8-9-23-2/h3-5,13H,6-11H2,1-2H3,(H,17,20)/t13-/m1/s1. The molecule has 1 heterocycles. The molecule has 2 rings (SSSR count). The second kappa shape index (κ2) is 8.03. The monoisotopic (exact) mass is 321 g/mol. The Morgan fingerprint density at radius 1 is 1.52 bits per heavy atom. The number of carbonyl (C=O) groups excluding carboxylic acids is 1. The molecular weight excluding hydrogens is 298 g/mol. The highest BCUT2D eigenvalue weighted by molar-refractivity contribution is 5.98. The Balaban J connectivity index is 1.91. The number of aryl methyl sites for hydroxylation is 1. The molecule has 1 amide bonds. The van der Waals surface area contributed by atoms with Crippen LogP contribution >= 0.6 is 0 Å². The second-order valence-corrected chi connectivity index (χ2v) is 5.89. The number of nitro groups is 1. The summed E-state index contributed by atoms with van der Waals surface area (Å²) in [6.45, 7) is 5.68. The molecule has 0 unspecified atom stereocenters. The van der Waals surface area contributed by atoms with Crippen LogP contribution in [0, 0.1) is 23.0 Å². The van der Waals surface area contributed by atoms with Gasteiger partial charge >= 0.3 is 0 Å². The van der Waals surface area contributed by atoms with Crippen molar-refractivity contribution in [3.05, 3.63) is 39.4 Å². The molecule has 7 heteroatoms. The molecule has 1 atom stereocenters. The Kier molecular flexibility index (Phi) is 6.06. The van der Waals surface area contributed by atoms with Crippen LogP contribution < -0.4 is 5.32 Å². The predicted octanol–water partition coefficient (Wildman–Crippen LogP) is 1.60. The van der Waals surface area contributed by atoms with Crippen LogP contribution in [0.15, 0.2) is 18.2 Å². The number of nitrogens with one attached hydrogen (secondary N) is 1. The second-order valence-electron chi connectivity index (χ2n) is 5.89. The number of amides is 1. The van der Waals surface area contributed by atoms with Gasteiger partial charge < -0.3 is 15.0 Å². The molecule has 7 nitrogen and oxygen atoms in total. The van der Waals surface area contributed by atoms with Crippen LogP contribution in [0.5, 0.6) is 0 Å². The van der Waals surface area contributed by atoms with Crippen LogP contribution in [-0.2, 0) is 4.74 Å².